The maximum atomic E-state index is 14.1. The molecule has 2 aromatic carbocycles. The Morgan fingerprint density at radius 2 is 1.84 bits per heavy atom. The smallest absolute Gasteiger partial charge is 0.255 e. The van der Waals surface area contributed by atoms with Crippen LogP contribution < -0.4 is 10.6 Å². The monoisotopic (exact) mass is 344 g/mol. The van der Waals surface area contributed by atoms with Crippen molar-refractivity contribution >= 4 is 17.5 Å². The van der Waals surface area contributed by atoms with E-state index in [1.165, 1.54) is 26.2 Å². The van der Waals surface area contributed by atoms with Gasteiger partial charge in [-0.05, 0) is 30.7 Å². The molecule has 1 atom stereocenters. The maximum Gasteiger partial charge on any atom is 0.255 e. The molecule has 0 aliphatic carbocycles. The van der Waals surface area contributed by atoms with Gasteiger partial charge in [-0.3, -0.25) is 9.59 Å². The molecule has 0 saturated heterocycles. The highest BCUT2D eigenvalue weighted by Crippen LogP contribution is 2.23. The van der Waals surface area contributed by atoms with Crippen molar-refractivity contribution in [1.29, 1.82) is 0 Å². The fourth-order valence-electron chi connectivity index (χ4n) is 2.58. The molecule has 0 aliphatic rings. The molecule has 2 N–H and O–H groups in total. The molecule has 0 bridgehead atoms. The van der Waals surface area contributed by atoms with Crippen molar-refractivity contribution in [3.8, 4) is 0 Å². The standard InChI is InChI=1S/C19H21FN2O3/c1-13(23)21-15-9-10-17(20)16(11-15)18(24)22-19(2,12-25-3)14-7-5-4-6-8-14/h4-11H,12H2,1-3H3,(H,21,23)(H,22,24)/t19-/m0/s1. The lowest BCUT2D eigenvalue weighted by atomic mass is 9.92. The van der Waals surface area contributed by atoms with Gasteiger partial charge < -0.3 is 15.4 Å². The van der Waals surface area contributed by atoms with Gasteiger partial charge in [-0.1, -0.05) is 30.3 Å². The number of carbonyl (C=O) groups excluding carboxylic acids is 2. The molecule has 0 radical (unpaired) electrons. The summed E-state index contributed by atoms with van der Waals surface area (Å²) in [7, 11) is 1.53. The van der Waals surface area contributed by atoms with Crippen LogP contribution in [0.4, 0.5) is 10.1 Å². The van der Waals surface area contributed by atoms with E-state index in [9.17, 15) is 14.0 Å². The van der Waals surface area contributed by atoms with Crippen LogP contribution in [0, 0.1) is 5.82 Å². The average molecular weight is 344 g/mol. The Labute approximate surface area is 146 Å². The molecule has 2 amide bonds. The van der Waals surface area contributed by atoms with Crippen LogP contribution in [-0.2, 0) is 15.1 Å². The van der Waals surface area contributed by atoms with Crippen LogP contribution in [0.15, 0.2) is 48.5 Å². The molecule has 0 heterocycles. The first kappa shape index (κ1) is 18.6. The van der Waals surface area contributed by atoms with Gasteiger partial charge in [0.15, 0.2) is 0 Å². The molecule has 6 heteroatoms. The van der Waals surface area contributed by atoms with Gasteiger partial charge in [0.2, 0.25) is 5.91 Å². The third-order valence-corrected chi connectivity index (χ3v) is 3.76. The van der Waals surface area contributed by atoms with Crippen LogP contribution in [0.2, 0.25) is 0 Å². The molecule has 5 nitrogen and oxygen atoms in total. The van der Waals surface area contributed by atoms with E-state index >= 15 is 0 Å². The number of hydrogen-bond acceptors (Lipinski definition) is 3. The van der Waals surface area contributed by atoms with E-state index < -0.39 is 17.3 Å². The van der Waals surface area contributed by atoms with Crippen LogP contribution >= 0.6 is 0 Å². The average Bonchev–Trinajstić information content (AvgIpc) is 2.57. The lowest BCUT2D eigenvalue weighted by Crippen LogP contribution is -2.47. The van der Waals surface area contributed by atoms with E-state index in [-0.39, 0.29) is 18.1 Å². The maximum absolute atomic E-state index is 14.1. The van der Waals surface area contributed by atoms with Gasteiger partial charge in [0.05, 0.1) is 17.7 Å². The molecule has 2 rings (SSSR count). The van der Waals surface area contributed by atoms with Crippen molar-refractivity contribution in [2.45, 2.75) is 19.4 Å². The van der Waals surface area contributed by atoms with Crippen LogP contribution in [0.1, 0.15) is 29.8 Å². The molecule has 0 saturated carbocycles. The number of halogens is 1. The van der Waals surface area contributed by atoms with E-state index in [0.717, 1.165) is 11.6 Å². The lowest BCUT2D eigenvalue weighted by Gasteiger charge is -2.31. The summed E-state index contributed by atoms with van der Waals surface area (Å²) in [4.78, 5) is 23.8. The Morgan fingerprint density at radius 1 is 1.16 bits per heavy atom. The number of rotatable bonds is 6. The van der Waals surface area contributed by atoms with E-state index in [2.05, 4.69) is 10.6 Å². The van der Waals surface area contributed by atoms with E-state index in [1.54, 1.807) is 6.92 Å². The van der Waals surface area contributed by atoms with Crippen molar-refractivity contribution < 1.29 is 18.7 Å². The molecule has 0 unspecified atom stereocenters. The molecule has 0 spiro atoms. The second-order valence-electron chi connectivity index (χ2n) is 5.96. The fraction of sp³-hybridized carbons (Fsp3) is 0.263. The number of nitrogens with one attached hydrogen (secondary N) is 2. The highest BCUT2D eigenvalue weighted by Gasteiger charge is 2.30. The Bertz CT molecular complexity index is 765. The largest absolute Gasteiger partial charge is 0.382 e. The van der Waals surface area contributed by atoms with E-state index in [1.807, 2.05) is 30.3 Å². The Balaban J connectivity index is 2.31. The van der Waals surface area contributed by atoms with Crippen LogP contribution in [0.5, 0.6) is 0 Å². The first-order valence-corrected chi connectivity index (χ1v) is 7.80. The summed E-state index contributed by atoms with van der Waals surface area (Å²) in [6, 6.07) is 13.2. The van der Waals surface area contributed by atoms with Crippen molar-refractivity contribution in [2.75, 3.05) is 19.0 Å². The number of methoxy groups -OCH3 is 1. The minimum Gasteiger partial charge on any atom is -0.382 e. The van der Waals surface area contributed by atoms with Crippen LogP contribution in [0.3, 0.4) is 0 Å². The van der Waals surface area contributed by atoms with Crippen molar-refractivity contribution in [2.24, 2.45) is 0 Å². The Hall–Kier alpha value is -2.73. The second-order valence-corrected chi connectivity index (χ2v) is 5.96. The van der Waals surface area contributed by atoms with Crippen molar-refractivity contribution in [3.05, 3.63) is 65.5 Å². The van der Waals surface area contributed by atoms with Crippen molar-refractivity contribution in [3.63, 3.8) is 0 Å². The number of amides is 2. The van der Waals surface area contributed by atoms with Crippen LogP contribution in [0.25, 0.3) is 0 Å². The summed E-state index contributed by atoms with van der Waals surface area (Å²) in [6.07, 6.45) is 0. The van der Waals surface area contributed by atoms with Gasteiger partial charge in [-0.15, -0.1) is 0 Å². The quantitative estimate of drug-likeness (QED) is 0.846. The zero-order chi connectivity index (χ0) is 18.4. The van der Waals surface area contributed by atoms with Crippen LogP contribution in [-0.4, -0.2) is 25.5 Å². The van der Waals surface area contributed by atoms with Gasteiger partial charge in [0, 0.05) is 19.7 Å². The molecule has 0 fully saturated rings. The summed E-state index contributed by atoms with van der Waals surface area (Å²) in [5.41, 5.74) is 0.212. The lowest BCUT2D eigenvalue weighted by molar-refractivity contribution is -0.114. The number of ether oxygens (including phenoxy) is 1. The zero-order valence-electron chi connectivity index (χ0n) is 14.4. The predicted octanol–water partition coefficient (Wildman–Crippen LogP) is 3.08. The zero-order valence-corrected chi connectivity index (χ0v) is 14.4. The van der Waals surface area contributed by atoms with E-state index in [4.69, 9.17) is 4.74 Å². The molecule has 0 aliphatic heterocycles. The number of carbonyl (C=O) groups is 2. The second kappa shape index (κ2) is 7.90. The topological polar surface area (TPSA) is 67.4 Å². The first-order chi connectivity index (χ1) is 11.9. The highest BCUT2D eigenvalue weighted by molar-refractivity contribution is 5.97. The Kier molecular flexibility index (Phi) is 5.88. The third kappa shape index (κ3) is 4.64. The van der Waals surface area contributed by atoms with Gasteiger partial charge in [0.25, 0.3) is 5.91 Å². The summed E-state index contributed by atoms with van der Waals surface area (Å²) in [5.74, 6) is -1.56. The summed E-state index contributed by atoms with van der Waals surface area (Å²) in [5, 5.41) is 5.37. The number of hydrogen-bond donors (Lipinski definition) is 2. The molecule has 0 aromatic heterocycles. The predicted molar refractivity (Wildman–Crippen MR) is 93.8 cm³/mol. The highest BCUT2D eigenvalue weighted by atomic mass is 19.1. The number of anilines is 1. The first-order valence-electron chi connectivity index (χ1n) is 7.80. The fourth-order valence-corrected chi connectivity index (χ4v) is 2.58. The van der Waals surface area contributed by atoms with Gasteiger partial charge in [0.1, 0.15) is 5.82 Å². The SMILES string of the molecule is COC[C@](C)(NC(=O)c1cc(NC(C)=O)ccc1F)c1ccccc1. The molecular formula is C19H21FN2O3. The summed E-state index contributed by atoms with van der Waals surface area (Å²) >= 11 is 0. The summed E-state index contributed by atoms with van der Waals surface area (Å²) < 4.78 is 19.4. The minimum absolute atomic E-state index is 0.149. The normalized spacial score (nSPS) is 13.0. The molecular weight excluding hydrogens is 323 g/mol. The molecule has 25 heavy (non-hydrogen) atoms. The number of benzene rings is 2. The van der Waals surface area contributed by atoms with Gasteiger partial charge in [-0.2, -0.15) is 0 Å². The van der Waals surface area contributed by atoms with Crippen molar-refractivity contribution in [1.82, 2.24) is 5.32 Å². The molecule has 2 aromatic rings. The van der Waals surface area contributed by atoms with Gasteiger partial charge >= 0.3 is 0 Å². The van der Waals surface area contributed by atoms with Gasteiger partial charge in [-0.25, -0.2) is 4.39 Å². The Morgan fingerprint density at radius 3 is 2.44 bits per heavy atom. The van der Waals surface area contributed by atoms with E-state index in [0.29, 0.717) is 5.69 Å². The minimum atomic E-state index is -0.830. The molecule has 132 valence electrons. The third-order valence-electron chi connectivity index (χ3n) is 3.76. The summed E-state index contributed by atoms with van der Waals surface area (Å²) in [6.45, 7) is 3.36.